The van der Waals surface area contributed by atoms with Crippen molar-refractivity contribution in [3.63, 3.8) is 0 Å². The summed E-state index contributed by atoms with van der Waals surface area (Å²) in [5.74, 6) is 0. The van der Waals surface area contributed by atoms with Crippen molar-refractivity contribution in [1.82, 2.24) is 0 Å². The molecule has 2 radical (unpaired) electrons. The molecule has 0 aromatic rings. The van der Waals surface area contributed by atoms with Gasteiger partial charge in [-0.25, -0.2) is 0 Å². The van der Waals surface area contributed by atoms with E-state index in [1.54, 1.807) is 18.8 Å². The fourth-order valence-corrected chi connectivity index (χ4v) is 0. The van der Waals surface area contributed by atoms with Crippen LogP contribution in [0, 0.1) is 0 Å². The molecule has 7 heavy (non-hydrogen) atoms. The third-order valence-electron chi connectivity index (χ3n) is 0. The summed E-state index contributed by atoms with van der Waals surface area (Å²) in [5.41, 5.74) is 0. The van der Waals surface area contributed by atoms with E-state index in [1.165, 1.54) is 0 Å². The summed E-state index contributed by atoms with van der Waals surface area (Å²) in [7, 11) is 0. The van der Waals surface area contributed by atoms with Crippen molar-refractivity contribution in [2.75, 3.05) is 18.8 Å². The molecular formula is C3H9BiS3. The predicted molar refractivity (Wildman–Crippen MR) is 45.6 cm³/mol. The van der Waals surface area contributed by atoms with Gasteiger partial charge in [-0.15, -0.1) is 0 Å². The van der Waals surface area contributed by atoms with Crippen LogP contribution in [-0.4, -0.2) is 45.0 Å². The smallest absolute Gasteiger partial charge is 0.796 e. The quantitative estimate of drug-likeness (QED) is 0.450. The Labute approximate surface area is 82.2 Å². The van der Waals surface area contributed by atoms with Crippen molar-refractivity contribution >= 4 is 64.1 Å². The van der Waals surface area contributed by atoms with Crippen LogP contribution >= 0.6 is 0 Å². The van der Waals surface area contributed by atoms with Crippen LogP contribution in [0.25, 0.3) is 0 Å². The Morgan fingerprint density at radius 3 is 0.571 bits per heavy atom. The summed E-state index contributed by atoms with van der Waals surface area (Å²) in [6.07, 6.45) is 4.75. The van der Waals surface area contributed by atoms with Gasteiger partial charge in [0.05, 0.1) is 0 Å². The first-order chi connectivity index (χ1) is 3.00. The van der Waals surface area contributed by atoms with Gasteiger partial charge in [0, 0.05) is 0 Å². The maximum Gasteiger partial charge on any atom is 3.00 e. The van der Waals surface area contributed by atoms with Crippen molar-refractivity contribution in [2.45, 2.75) is 0 Å². The summed E-state index contributed by atoms with van der Waals surface area (Å²) < 4.78 is 0. The Balaban J connectivity index is -0.00000000900. The summed E-state index contributed by atoms with van der Waals surface area (Å²) >= 11 is 12.2. The van der Waals surface area contributed by atoms with E-state index in [1.807, 2.05) is 0 Å². The first-order valence-corrected chi connectivity index (χ1v) is 3.67. The van der Waals surface area contributed by atoms with Gasteiger partial charge in [-0.1, -0.05) is 0 Å². The predicted octanol–water partition coefficient (Wildman–Crippen LogP) is 0.109. The maximum absolute atomic E-state index is 4.08. The van der Waals surface area contributed by atoms with Crippen LogP contribution < -0.4 is 0 Å². The molecule has 0 rings (SSSR count). The monoisotopic (exact) mass is 350 g/mol. The average Bonchev–Trinajstić information content (AvgIpc) is 1.81. The molecule has 0 aliphatic heterocycles. The molecular weight excluding hydrogens is 341 g/mol. The van der Waals surface area contributed by atoms with Crippen LogP contribution in [0.5, 0.6) is 0 Å². The van der Waals surface area contributed by atoms with E-state index in [9.17, 15) is 0 Å². The number of hydrogen-bond donors (Lipinski definition) is 0. The second-order valence-electron chi connectivity index (χ2n) is 0. The minimum absolute atomic E-state index is 0. The zero-order valence-corrected chi connectivity index (χ0v) is 10.6. The van der Waals surface area contributed by atoms with Crippen LogP contribution in [-0.2, 0) is 37.9 Å². The van der Waals surface area contributed by atoms with Crippen molar-refractivity contribution in [2.24, 2.45) is 0 Å². The number of rotatable bonds is 0. The largest absolute Gasteiger partial charge is 3.00 e. The average molecular weight is 350 g/mol. The second kappa shape index (κ2) is 102. The molecule has 0 aromatic carbocycles. The molecule has 44 valence electrons. The van der Waals surface area contributed by atoms with Gasteiger partial charge in [-0.3, -0.25) is 0 Å². The Morgan fingerprint density at radius 1 is 0.571 bits per heavy atom. The third kappa shape index (κ3) is 74.7. The zero-order chi connectivity index (χ0) is 6.00. The van der Waals surface area contributed by atoms with Crippen LogP contribution in [0.4, 0.5) is 0 Å². The van der Waals surface area contributed by atoms with E-state index >= 15 is 0 Å². The van der Waals surface area contributed by atoms with Crippen molar-refractivity contribution < 1.29 is 0 Å². The summed E-state index contributed by atoms with van der Waals surface area (Å²) in [6, 6.07) is 0. The maximum atomic E-state index is 4.08. The molecule has 0 aromatic heterocycles. The van der Waals surface area contributed by atoms with Crippen LogP contribution in [0.2, 0.25) is 0 Å². The molecule has 0 atom stereocenters. The van der Waals surface area contributed by atoms with Crippen LogP contribution in [0.3, 0.4) is 0 Å². The molecule has 0 spiro atoms. The molecule has 0 saturated heterocycles. The molecule has 0 unspecified atom stereocenters. The Bertz CT molecular complexity index is 10.1. The topological polar surface area (TPSA) is 0 Å². The second-order valence-corrected chi connectivity index (χ2v) is 0. The van der Waals surface area contributed by atoms with Gasteiger partial charge < -0.3 is 37.9 Å². The van der Waals surface area contributed by atoms with Crippen LogP contribution in [0.1, 0.15) is 0 Å². The van der Waals surface area contributed by atoms with E-state index < -0.39 is 0 Å². The molecule has 4 heteroatoms. The minimum Gasteiger partial charge on any atom is -0.796 e. The van der Waals surface area contributed by atoms with Crippen LogP contribution in [0.15, 0.2) is 0 Å². The standard InChI is InChI=1S/3CH4S.Bi/c3*1-2;/h3*2H,1H3;/q;;;+3/p-3. The first kappa shape index (κ1) is 23.1. The number of hydrogen-bond acceptors (Lipinski definition) is 3. The van der Waals surface area contributed by atoms with Gasteiger partial charge >= 0.3 is 26.2 Å². The van der Waals surface area contributed by atoms with E-state index in [0.717, 1.165) is 0 Å². The molecule has 0 N–H and O–H groups in total. The Kier molecular flexibility index (Phi) is 337. The van der Waals surface area contributed by atoms with Gasteiger partial charge in [0.1, 0.15) is 0 Å². The fraction of sp³-hybridized carbons (Fsp3) is 1.00. The molecule has 0 nitrogen and oxygen atoms in total. The normalized spacial score (nSPS) is 2.57. The third-order valence-corrected chi connectivity index (χ3v) is 0. The van der Waals surface area contributed by atoms with Gasteiger partial charge in [0.25, 0.3) is 0 Å². The molecule has 0 amide bonds. The fourth-order valence-electron chi connectivity index (χ4n) is 0. The SMILES string of the molecule is C[S-].C[S-].C[S-].[Bi+3]. The van der Waals surface area contributed by atoms with E-state index in [4.69, 9.17) is 0 Å². The van der Waals surface area contributed by atoms with Crippen molar-refractivity contribution in [1.29, 1.82) is 0 Å². The summed E-state index contributed by atoms with van der Waals surface area (Å²) in [4.78, 5) is 0. The van der Waals surface area contributed by atoms with Gasteiger partial charge in [-0.2, -0.15) is 18.8 Å². The molecule has 0 aliphatic carbocycles. The molecule has 0 heterocycles. The summed E-state index contributed by atoms with van der Waals surface area (Å²) in [5, 5.41) is 0. The zero-order valence-electron chi connectivity index (χ0n) is 4.67. The minimum atomic E-state index is 0. The van der Waals surface area contributed by atoms with Crippen molar-refractivity contribution in [3.05, 3.63) is 0 Å². The van der Waals surface area contributed by atoms with E-state index in [0.29, 0.717) is 0 Å². The van der Waals surface area contributed by atoms with Gasteiger partial charge in [0.15, 0.2) is 0 Å². The summed E-state index contributed by atoms with van der Waals surface area (Å²) in [6.45, 7) is 0. The molecule has 0 bridgehead atoms. The molecule has 0 saturated carbocycles. The van der Waals surface area contributed by atoms with E-state index in [2.05, 4.69) is 37.9 Å². The first-order valence-electron chi connectivity index (χ1n) is 1.22. The van der Waals surface area contributed by atoms with Crippen molar-refractivity contribution in [3.8, 4) is 0 Å². The van der Waals surface area contributed by atoms with Gasteiger partial charge in [0.2, 0.25) is 0 Å². The van der Waals surface area contributed by atoms with E-state index in [-0.39, 0.29) is 26.2 Å². The Morgan fingerprint density at radius 2 is 0.571 bits per heavy atom. The van der Waals surface area contributed by atoms with Gasteiger partial charge in [-0.05, 0) is 0 Å². The molecule has 0 fully saturated rings. The Hall–Kier alpha value is 1.93. The molecule has 0 aliphatic rings.